The number of carbonyl (C=O) groups is 1. The summed E-state index contributed by atoms with van der Waals surface area (Å²) in [6.45, 7) is 2.09. The van der Waals surface area contributed by atoms with Gasteiger partial charge in [0, 0.05) is 19.3 Å². The molecule has 1 aliphatic heterocycles. The molecule has 0 spiro atoms. The number of carbonyl (C=O) groups excluding carboxylic acids is 1. The van der Waals surface area contributed by atoms with Gasteiger partial charge in [0.25, 0.3) is 5.91 Å². The van der Waals surface area contributed by atoms with E-state index >= 15 is 0 Å². The van der Waals surface area contributed by atoms with Gasteiger partial charge in [-0.05, 0) is 19.1 Å². The molecule has 2 aromatic heterocycles. The first-order valence-electron chi connectivity index (χ1n) is 8.08. The number of morpholine rings is 1. The molecule has 1 fully saturated rings. The second-order valence-electron chi connectivity index (χ2n) is 6.15. The molecule has 28 heavy (non-hydrogen) atoms. The van der Waals surface area contributed by atoms with Crippen LogP contribution in [0.1, 0.15) is 28.5 Å². The number of ether oxygens (including phenoxy) is 1. The molecule has 0 N–H and O–H groups in total. The van der Waals surface area contributed by atoms with Gasteiger partial charge in [-0.25, -0.2) is 9.67 Å². The van der Waals surface area contributed by atoms with Crippen molar-refractivity contribution in [3.05, 3.63) is 41.3 Å². The van der Waals surface area contributed by atoms with Crippen LogP contribution >= 0.6 is 0 Å². The molecular formula is C16H14F6N4O2. The highest BCUT2D eigenvalue weighted by Gasteiger charge is 2.42. The Labute approximate surface area is 154 Å². The van der Waals surface area contributed by atoms with E-state index in [1.807, 2.05) is 0 Å². The van der Waals surface area contributed by atoms with E-state index in [0.29, 0.717) is 16.9 Å². The molecule has 1 aliphatic rings. The Morgan fingerprint density at radius 1 is 1.14 bits per heavy atom. The molecule has 6 nitrogen and oxygen atoms in total. The summed E-state index contributed by atoms with van der Waals surface area (Å²) in [5, 5.41) is 3.55. The lowest BCUT2D eigenvalue weighted by molar-refractivity contribution is -0.143. The van der Waals surface area contributed by atoms with Crippen molar-refractivity contribution >= 4 is 5.91 Å². The highest BCUT2D eigenvalue weighted by molar-refractivity contribution is 5.95. The van der Waals surface area contributed by atoms with Crippen LogP contribution in [-0.2, 0) is 17.1 Å². The van der Waals surface area contributed by atoms with Crippen LogP contribution in [0.2, 0.25) is 0 Å². The monoisotopic (exact) mass is 408 g/mol. The van der Waals surface area contributed by atoms with Crippen LogP contribution in [0.15, 0.2) is 24.5 Å². The van der Waals surface area contributed by atoms with E-state index in [1.165, 1.54) is 4.90 Å². The molecule has 0 bridgehead atoms. The summed E-state index contributed by atoms with van der Waals surface area (Å²) in [6, 6.07) is 1.35. The Balaban J connectivity index is 2.01. The van der Waals surface area contributed by atoms with Crippen molar-refractivity contribution in [1.82, 2.24) is 19.7 Å². The first-order chi connectivity index (χ1) is 13.0. The normalized spacial score (nSPS) is 18.4. The Hall–Kier alpha value is -2.63. The van der Waals surface area contributed by atoms with E-state index in [-0.39, 0.29) is 25.8 Å². The van der Waals surface area contributed by atoms with Crippen molar-refractivity contribution in [2.45, 2.75) is 25.4 Å². The first kappa shape index (κ1) is 20.1. The minimum Gasteiger partial charge on any atom is -0.375 e. The number of alkyl halides is 6. The van der Waals surface area contributed by atoms with Crippen molar-refractivity contribution in [2.24, 2.45) is 0 Å². The molecule has 3 rings (SSSR count). The lowest BCUT2D eigenvalue weighted by Crippen LogP contribution is -2.45. The third-order valence-corrected chi connectivity index (χ3v) is 4.09. The number of pyridine rings is 1. The van der Waals surface area contributed by atoms with Crippen LogP contribution in [0, 0.1) is 0 Å². The number of amides is 1. The van der Waals surface area contributed by atoms with E-state index in [4.69, 9.17) is 4.74 Å². The van der Waals surface area contributed by atoms with E-state index in [0.717, 1.165) is 12.3 Å². The highest BCUT2D eigenvalue weighted by Crippen LogP contribution is 2.35. The zero-order chi connectivity index (χ0) is 20.7. The van der Waals surface area contributed by atoms with Gasteiger partial charge < -0.3 is 9.64 Å². The van der Waals surface area contributed by atoms with Gasteiger partial charge in [-0.2, -0.15) is 31.4 Å². The lowest BCUT2D eigenvalue weighted by Gasteiger charge is -2.31. The maximum atomic E-state index is 13.6. The van der Waals surface area contributed by atoms with Crippen LogP contribution in [0.3, 0.4) is 0 Å². The Kier molecular flexibility index (Phi) is 5.08. The van der Waals surface area contributed by atoms with Crippen molar-refractivity contribution in [3.8, 4) is 5.82 Å². The molecule has 3 heterocycles. The smallest absolute Gasteiger partial charge is 0.375 e. The molecule has 0 saturated carbocycles. The molecule has 1 saturated heterocycles. The summed E-state index contributed by atoms with van der Waals surface area (Å²) < 4.78 is 84.4. The van der Waals surface area contributed by atoms with Gasteiger partial charge in [-0.15, -0.1) is 0 Å². The average molecular weight is 408 g/mol. The fourth-order valence-corrected chi connectivity index (χ4v) is 2.80. The summed E-state index contributed by atoms with van der Waals surface area (Å²) in [5.41, 5.74) is -3.22. The van der Waals surface area contributed by atoms with Gasteiger partial charge in [-0.1, -0.05) is 0 Å². The van der Waals surface area contributed by atoms with Crippen LogP contribution < -0.4 is 0 Å². The Morgan fingerprint density at radius 3 is 2.39 bits per heavy atom. The summed E-state index contributed by atoms with van der Waals surface area (Å²) in [6.07, 6.45) is -8.86. The van der Waals surface area contributed by atoms with E-state index in [1.54, 1.807) is 6.92 Å². The summed E-state index contributed by atoms with van der Waals surface area (Å²) in [5.74, 6) is -1.38. The molecule has 2 aromatic rings. The second-order valence-corrected chi connectivity index (χ2v) is 6.15. The zero-order valence-electron chi connectivity index (χ0n) is 14.4. The molecule has 0 aromatic carbocycles. The van der Waals surface area contributed by atoms with Crippen molar-refractivity contribution in [2.75, 3.05) is 19.7 Å². The number of hydrogen-bond donors (Lipinski definition) is 0. The van der Waals surface area contributed by atoms with Crippen molar-refractivity contribution in [1.29, 1.82) is 0 Å². The molecule has 1 atom stereocenters. The van der Waals surface area contributed by atoms with Gasteiger partial charge in [0.15, 0.2) is 11.5 Å². The van der Waals surface area contributed by atoms with Crippen LogP contribution in [-0.4, -0.2) is 51.4 Å². The minimum absolute atomic E-state index is 0.111. The van der Waals surface area contributed by atoms with E-state index < -0.39 is 40.9 Å². The summed E-state index contributed by atoms with van der Waals surface area (Å²) in [7, 11) is 0. The summed E-state index contributed by atoms with van der Waals surface area (Å²) >= 11 is 0. The predicted octanol–water partition coefficient (Wildman–Crippen LogP) is 3.17. The predicted molar refractivity (Wildman–Crippen MR) is 82.7 cm³/mol. The molecule has 0 radical (unpaired) electrons. The van der Waals surface area contributed by atoms with Crippen LogP contribution in [0.25, 0.3) is 5.82 Å². The van der Waals surface area contributed by atoms with E-state index in [2.05, 4.69) is 10.1 Å². The van der Waals surface area contributed by atoms with Gasteiger partial charge >= 0.3 is 12.4 Å². The number of hydrogen-bond acceptors (Lipinski definition) is 4. The third-order valence-electron chi connectivity index (χ3n) is 4.09. The number of rotatable bonds is 2. The summed E-state index contributed by atoms with van der Waals surface area (Å²) in [4.78, 5) is 17.2. The maximum absolute atomic E-state index is 13.6. The van der Waals surface area contributed by atoms with Crippen molar-refractivity contribution < 1.29 is 35.9 Å². The zero-order valence-corrected chi connectivity index (χ0v) is 14.4. The quantitative estimate of drug-likeness (QED) is 0.717. The Bertz CT molecular complexity index is 859. The van der Waals surface area contributed by atoms with Gasteiger partial charge in [0.2, 0.25) is 0 Å². The highest BCUT2D eigenvalue weighted by atomic mass is 19.4. The maximum Gasteiger partial charge on any atom is 0.434 e. The van der Waals surface area contributed by atoms with E-state index in [9.17, 15) is 31.1 Å². The minimum atomic E-state index is -4.98. The molecular weight excluding hydrogens is 394 g/mol. The molecule has 1 amide bonds. The first-order valence-corrected chi connectivity index (χ1v) is 8.08. The average Bonchev–Trinajstić information content (AvgIpc) is 3.06. The van der Waals surface area contributed by atoms with Gasteiger partial charge in [-0.3, -0.25) is 4.79 Å². The number of halogens is 6. The van der Waals surface area contributed by atoms with Gasteiger partial charge in [0.1, 0.15) is 0 Å². The third kappa shape index (κ3) is 3.96. The molecule has 152 valence electrons. The lowest BCUT2D eigenvalue weighted by atomic mass is 10.2. The van der Waals surface area contributed by atoms with Crippen molar-refractivity contribution in [3.63, 3.8) is 0 Å². The topological polar surface area (TPSA) is 60.2 Å². The fourth-order valence-electron chi connectivity index (χ4n) is 2.80. The second kappa shape index (κ2) is 7.08. The largest absolute Gasteiger partial charge is 0.434 e. The Morgan fingerprint density at radius 2 is 1.86 bits per heavy atom. The fraction of sp³-hybridized carbons (Fsp3) is 0.438. The SMILES string of the molecule is CC1CN(C(=O)c2cnn(-c3ccc(C(F)(F)F)cn3)c2C(F)(F)F)CCO1. The van der Waals surface area contributed by atoms with Gasteiger partial charge in [0.05, 0.1) is 30.0 Å². The molecule has 1 unspecified atom stereocenters. The number of nitrogens with zero attached hydrogens (tertiary/aromatic N) is 4. The molecule has 0 aliphatic carbocycles. The number of aromatic nitrogens is 3. The molecule has 12 heteroatoms. The standard InChI is InChI=1S/C16H14F6N4O2/c1-9-8-25(4-5-28-9)14(27)11-7-24-26(13(11)16(20,21)22)12-3-2-10(6-23-12)15(17,18)19/h2-3,6-7,9H,4-5,8H2,1H3. The van der Waals surface area contributed by atoms with Crippen LogP contribution in [0.4, 0.5) is 26.3 Å². The van der Waals surface area contributed by atoms with Crippen LogP contribution in [0.5, 0.6) is 0 Å².